The first-order valence-corrected chi connectivity index (χ1v) is 4.90. The molecule has 2 rings (SSSR count). The molecule has 0 amide bonds. The average Bonchev–Trinajstić information content (AvgIpc) is 2.58. The molecule has 0 radical (unpaired) electrons. The number of hydrogen-bond donors (Lipinski definition) is 1. The van der Waals surface area contributed by atoms with E-state index < -0.39 is 0 Å². The highest BCUT2D eigenvalue weighted by atomic mass is 16.5. The minimum Gasteiger partial charge on any atom is -0.490 e. The minimum absolute atomic E-state index is 0.229. The second-order valence-corrected chi connectivity index (χ2v) is 3.37. The maximum Gasteiger partial charge on any atom is 0.293 e. The van der Waals surface area contributed by atoms with Gasteiger partial charge in [-0.3, -0.25) is 4.79 Å². The Hall–Kier alpha value is -1.78. The Bertz CT molecular complexity index is 527. The predicted octanol–water partition coefficient (Wildman–Crippen LogP) is 0.984. The molecule has 5 nitrogen and oxygen atoms in total. The maximum absolute atomic E-state index is 11.4. The number of nitrogens with zero attached hydrogens (tertiary/aromatic N) is 2. The van der Waals surface area contributed by atoms with Crippen LogP contribution in [0.1, 0.15) is 19.0 Å². The highest BCUT2D eigenvalue weighted by molar-refractivity contribution is 5.40. The molecule has 0 saturated carbocycles. The molecule has 0 fully saturated rings. The summed E-state index contributed by atoms with van der Waals surface area (Å²) in [7, 11) is 1.47. The third-order valence-electron chi connectivity index (χ3n) is 2.22. The third-order valence-corrected chi connectivity index (χ3v) is 2.22. The van der Waals surface area contributed by atoms with E-state index in [1.54, 1.807) is 10.7 Å². The van der Waals surface area contributed by atoms with Gasteiger partial charge in [-0.15, -0.1) is 0 Å². The highest BCUT2D eigenvalue weighted by Gasteiger charge is 2.05. The smallest absolute Gasteiger partial charge is 0.293 e. The summed E-state index contributed by atoms with van der Waals surface area (Å²) in [5, 5.41) is 4.32. The average molecular weight is 207 g/mol. The summed E-state index contributed by atoms with van der Waals surface area (Å²) in [6, 6.07) is 1.88. The van der Waals surface area contributed by atoms with Gasteiger partial charge in [-0.05, 0) is 6.42 Å². The van der Waals surface area contributed by atoms with Crippen molar-refractivity contribution in [3.05, 3.63) is 28.3 Å². The summed E-state index contributed by atoms with van der Waals surface area (Å²) in [5.41, 5.74) is 1.44. The van der Waals surface area contributed by atoms with Gasteiger partial charge in [0.15, 0.2) is 0 Å². The van der Waals surface area contributed by atoms with Crippen LogP contribution in [0.4, 0.5) is 0 Å². The van der Waals surface area contributed by atoms with E-state index in [4.69, 9.17) is 4.74 Å². The fraction of sp³-hybridized carbons (Fsp3) is 0.400. The Morgan fingerprint density at radius 3 is 3.07 bits per heavy atom. The van der Waals surface area contributed by atoms with E-state index in [0.717, 1.165) is 18.5 Å². The lowest BCUT2D eigenvalue weighted by Gasteiger charge is -1.98. The van der Waals surface area contributed by atoms with Crippen molar-refractivity contribution < 1.29 is 4.74 Å². The number of methoxy groups -OCH3 is 1. The molecule has 0 atom stereocenters. The summed E-state index contributed by atoms with van der Waals surface area (Å²) in [6.45, 7) is 2.09. The first-order chi connectivity index (χ1) is 7.24. The van der Waals surface area contributed by atoms with Gasteiger partial charge in [0.05, 0.1) is 19.0 Å². The molecule has 0 saturated heterocycles. The number of aromatic amines is 1. The molecule has 1 N–H and O–H groups in total. The zero-order valence-corrected chi connectivity index (χ0v) is 8.78. The molecule has 0 aromatic carbocycles. The van der Waals surface area contributed by atoms with Crippen molar-refractivity contribution in [3.63, 3.8) is 0 Å². The van der Waals surface area contributed by atoms with E-state index in [1.165, 1.54) is 7.11 Å². The summed E-state index contributed by atoms with van der Waals surface area (Å²) in [5.74, 6) is 0.272. The Labute approximate surface area is 86.7 Å². The summed E-state index contributed by atoms with van der Waals surface area (Å²) in [4.78, 5) is 14.1. The molecule has 2 aromatic heterocycles. The lowest BCUT2D eigenvalue weighted by molar-refractivity contribution is 0.404. The van der Waals surface area contributed by atoms with Crippen LogP contribution in [-0.2, 0) is 6.42 Å². The van der Waals surface area contributed by atoms with E-state index >= 15 is 0 Å². The zero-order valence-electron chi connectivity index (χ0n) is 8.78. The molecular weight excluding hydrogens is 194 g/mol. The molecule has 2 aromatic rings. The first kappa shape index (κ1) is 9.76. The van der Waals surface area contributed by atoms with Gasteiger partial charge in [-0.25, -0.2) is 4.52 Å². The lowest BCUT2D eigenvalue weighted by Crippen LogP contribution is -2.11. The first-order valence-electron chi connectivity index (χ1n) is 4.90. The van der Waals surface area contributed by atoms with Gasteiger partial charge in [-0.1, -0.05) is 13.3 Å². The van der Waals surface area contributed by atoms with Crippen LogP contribution in [0.3, 0.4) is 0 Å². The van der Waals surface area contributed by atoms with Gasteiger partial charge in [0.25, 0.3) is 5.56 Å². The molecule has 0 unspecified atom stereocenters. The Morgan fingerprint density at radius 2 is 2.40 bits per heavy atom. The van der Waals surface area contributed by atoms with Crippen LogP contribution in [0.5, 0.6) is 5.75 Å². The molecule has 5 heteroatoms. The number of rotatable bonds is 3. The normalized spacial score (nSPS) is 10.8. The topological polar surface area (TPSA) is 59.4 Å². The van der Waals surface area contributed by atoms with Crippen LogP contribution >= 0.6 is 0 Å². The zero-order chi connectivity index (χ0) is 10.8. The summed E-state index contributed by atoms with van der Waals surface area (Å²) < 4.78 is 6.55. The van der Waals surface area contributed by atoms with E-state index in [-0.39, 0.29) is 11.3 Å². The van der Waals surface area contributed by atoms with Gasteiger partial charge >= 0.3 is 0 Å². The molecule has 0 bridgehead atoms. The minimum atomic E-state index is -0.229. The standard InChI is InChI=1S/C10H13N3O2/c1-3-4-7-5-9-11-10(14)8(15-2)6-13(9)12-7/h5-6H,3-4H2,1-2H3,(H,11,14). The van der Waals surface area contributed by atoms with Crippen molar-refractivity contribution >= 4 is 5.65 Å². The number of H-pyrrole nitrogens is 1. The fourth-order valence-electron chi connectivity index (χ4n) is 1.51. The molecule has 0 aliphatic heterocycles. The number of nitrogens with one attached hydrogen (secondary N) is 1. The molecule has 2 heterocycles. The molecule has 15 heavy (non-hydrogen) atoms. The largest absolute Gasteiger partial charge is 0.490 e. The van der Waals surface area contributed by atoms with Crippen LogP contribution in [0, 0.1) is 0 Å². The van der Waals surface area contributed by atoms with Crippen LogP contribution in [-0.4, -0.2) is 21.7 Å². The van der Waals surface area contributed by atoms with Crippen molar-refractivity contribution in [1.29, 1.82) is 0 Å². The van der Waals surface area contributed by atoms with Crippen LogP contribution in [0.25, 0.3) is 5.65 Å². The molecule has 80 valence electrons. The van der Waals surface area contributed by atoms with Crippen molar-refractivity contribution in [2.45, 2.75) is 19.8 Å². The van der Waals surface area contributed by atoms with E-state index in [2.05, 4.69) is 17.0 Å². The van der Waals surface area contributed by atoms with Crippen molar-refractivity contribution in [2.24, 2.45) is 0 Å². The van der Waals surface area contributed by atoms with Gasteiger partial charge in [-0.2, -0.15) is 5.10 Å². The second-order valence-electron chi connectivity index (χ2n) is 3.37. The highest BCUT2D eigenvalue weighted by Crippen LogP contribution is 2.07. The van der Waals surface area contributed by atoms with Gasteiger partial charge < -0.3 is 9.72 Å². The molecular formula is C10H13N3O2. The van der Waals surface area contributed by atoms with Crippen molar-refractivity contribution in [2.75, 3.05) is 7.11 Å². The monoisotopic (exact) mass is 207 g/mol. The van der Waals surface area contributed by atoms with E-state index in [9.17, 15) is 4.79 Å². The molecule has 0 aliphatic rings. The third kappa shape index (κ3) is 1.72. The molecule has 0 spiro atoms. The summed E-state index contributed by atoms with van der Waals surface area (Å²) >= 11 is 0. The predicted molar refractivity (Wildman–Crippen MR) is 56.4 cm³/mol. The Morgan fingerprint density at radius 1 is 1.60 bits per heavy atom. The van der Waals surface area contributed by atoms with Crippen molar-refractivity contribution in [1.82, 2.24) is 14.6 Å². The van der Waals surface area contributed by atoms with Crippen molar-refractivity contribution in [3.8, 4) is 5.75 Å². The number of ether oxygens (including phenoxy) is 1. The Kier molecular flexibility index (Phi) is 2.45. The maximum atomic E-state index is 11.4. The van der Waals surface area contributed by atoms with E-state index in [1.807, 2.05) is 6.07 Å². The fourth-order valence-corrected chi connectivity index (χ4v) is 1.51. The Balaban J connectivity index is 2.56. The number of fused-ring (bicyclic) bond motifs is 1. The van der Waals surface area contributed by atoms with Crippen LogP contribution < -0.4 is 10.3 Å². The van der Waals surface area contributed by atoms with Crippen LogP contribution in [0.15, 0.2) is 17.1 Å². The molecule has 0 aliphatic carbocycles. The summed E-state index contributed by atoms with van der Waals surface area (Å²) in [6.07, 6.45) is 3.53. The number of aryl methyl sites for hydroxylation is 1. The number of hydrogen-bond acceptors (Lipinski definition) is 3. The van der Waals surface area contributed by atoms with E-state index in [0.29, 0.717) is 5.65 Å². The van der Waals surface area contributed by atoms with Gasteiger partial charge in [0, 0.05) is 6.07 Å². The lowest BCUT2D eigenvalue weighted by atomic mass is 10.2. The van der Waals surface area contributed by atoms with Gasteiger partial charge in [0.2, 0.25) is 5.75 Å². The SMILES string of the molecule is CCCc1cc2[nH]c(=O)c(OC)cn2n1. The van der Waals surface area contributed by atoms with Gasteiger partial charge in [0.1, 0.15) is 5.65 Å². The quantitative estimate of drug-likeness (QED) is 0.816. The number of aromatic nitrogens is 3. The van der Waals surface area contributed by atoms with Crippen LogP contribution in [0.2, 0.25) is 0 Å². The second kappa shape index (κ2) is 3.76.